The van der Waals surface area contributed by atoms with E-state index in [0.717, 1.165) is 16.6 Å². The molecule has 0 bridgehead atoms. The number of pyridine rings is 1. The maximum Gasteiger partial charge on any atom is 0.148 e. The Morgan fingerprint density at radius 3 is 2.78 bits per heavy atom. The number of hydrogen-bond acceptors (Lipinski definition) is 6. The Bertz CT molecular complexity index is 1410. The lowest BCUT2D eigenvalue weighted by molar-refractivity contribution is 0.631. The summed E-state index contributed by atoms with van der Waals surface area (Å²) in [7, 11) is 0. The minimum Gasteiger partial charge on any atom is -0.395 e. The van der Waals surface area contributed by atoms with Crippen LogP contribution >= 0.6 is 11.6 Å². The number of benzene rings is 2. The summed E-state index contributed by atoms with van der Waals surface area (Å²) in [5.41, 5.74) is 9.81. The van der Waals surface area contributed by atoms with Gasteiger partial charge in [-0.3, -0.25) is 19.8 Å². The zero-order chi connectivity index (χ0) is 22.2. The van der Waals surface area contributed by atoms with E-state index < -0.39 is 5.82 Å². The zero-order valence-corrected chi connectivity index (χ0v) is 17.5. The van der Waals surface area contributed by atoms with Crippen LogP contribution < -0.4 is 16.6 Å². The minimum atomic E-state index is -0.576. The summed E-state index contributed by atoms with van der Waals surface area (Å²) in [6.07, 6.45) is 4.93. The summed E-state index contributed by atoms with van der Waals surface area (Å²) in [4.78, 5) is 4.30. The molecule has 3 heterocycles. The molecule has 0 fully saturated rings. The summed E-state index contributed by atoms with van der Waals surface area (Å²) < 4.78 is 16.6. The number of hydrazine groups is 1. The van der Waals surface area contributed by atoms with Crippen LogP contribution in [0.1, 0.15) is 5.69 Å². The van der Waals surface area contributed by atoms with Gasteiger partial charge in [-0.1, -0.05) is 11.6 Å². The third kappa shape index (κ3) is 3.64. The Labute approximate surface area is 187 Å². The number of rotatable bonds is 5. The highest BCUT2D eigenvalue weighted by molar-refractivity contribution is 6.30. The van der Waals surface area contributed by atoms with Crippen molar-refractivity contribution >= 4 is 39.6 Å². The van der Waals surface area contributed by atoms with Gasteiger partial charge < -0.3 is 5.73 Å². The monoisotopic (exact) mass is 448 g/mol. The average molecular weight is 449 g/mol. The van der Waals surface area contributed by atoms with Crippen LogP contribution in [0.3, 0.4) is 0 Å². The van der Waals surface area contributed by atoms with E-state index in [4.69, 9.17) is 23.2 Å². The number of nitrogen functional groups attached to an aromatic ring is 1. The van der Waals surface area contributed by atoms with Crippen molar-refractivity contribution in [1.29, 1.82) is 0 Å². The highest BCUT2D eigenvalue weighted by Gasteiger charge is 2.17. The van der Waals surface area contributed by atoms with Crippen molar-refractivity contribution in [3.8, 4) is 11.3 Å². The quantitative estimate of drug-likeness (QED) is 0.210. The van der Waals surface area contributed by atoms with E-state index in [1.165, 1.54) is 11.1 Å². The molecule has 0 spiro atoms. The van der Waals surface area contributed by atoms with Crippen LogP contribution in [-0.4, -0.2) is 25.0 Å². The number of anilines is 3. The van der Waals surface area contributed by atoms with Gasteiger partial charge in [0.15, 0.2) is 0 Å². The topological polar surface area (TPSA) is 115 Å². The van der Waals surface area contributed by atoms with E-state index in [0.29, 0.717) is 34.2 Å². The molecule has 5 N–H and O–H groups in total. The van der Waals surface area contributed by atoms with Gasteiger partial charge in [0.05, 0.1) is 51.7 Å². The normalized spacial score (nSPS) is 11.2. The van der Waals surface area contributed by atoms with Gasteiger partial charge in [0.25, 0.3) is 0 Å². The molecule has 0 saturated heterocycles. The van der Waals surface area contributed by atoms with Gasteiger partial charge in [0.1, 0.15) is 5.82 Å². The second kappa shape index (κ2) is 7.95. The third-order valence-corrected chi connectivity index (χ3v) is 5.41. The maximum absolute atomic E-state index is 14.8. The van der Waals surface area contributed by atoms with Crippen LogP contribution in [0, 0.1) is 5.82 Å². The molecular weight excluding hydrogens is 431 g/mol. The van der Waals surface area contributed by atoms with Crippen molar-refractivity contribution in [2.24, 2.45) is 5.84 Å². The van der Waals surface area contributed by atoms with Gasteiger partial charge in [-0.15, -0.1) is 0 Å². The number of aromatic amines is 1. The van der Waals surface area contributed by atoms with Crippen LogP contribution in [0.25, 0.3) is 22.2 Å². The predicted molar refractivity (Wildman–Crippen MR) is 123 cm³/mol. The summed E-state index contributed by atoms with van der Waals surface area (Å²) in [5, 5.41) is 14.1. The van der Waals surface area contributed by atoms with E-state index >= 15 is 0 Å². The van der Waals surface area contributed by atoms with Crippen LogP contribution in [0.2, 0.25) is 5.02 Å². The number of aromatic nitrogens is 5. The van der Waals surface area contributed by atoms with Gasteiger partial charge in [-0.25, -0.2) is 10.2 Å². The molecule has 8 nitrogen and oxygen atoms in total. The predicted octanol–water partition coefficient (Wildman–Crippen LogP) is 4.26. The number of nitrogens with zero attached hydrogens (tertiary/aromatic N) is 5. The van der Waals surface area contributed by atoms with E-state index in [9.17, 15) is 4.39 Å². The summed E-state index contributed by atoms with van der Waals surface area (Å²) in [6, 6.07) is 14.0. The van der Waals surface area contributed by atoms with Crippen LogP contribution in [0.4, 0.5) is 21.5 Å². The Hall–Kier alpha value is -3.95. The molecule has 0 radical (unpaired) electrons. The molecule has 0 saturated carbocycles. The molecule has 32 heavy (non-hydrogen) atoms. The molecule has 0 amide bonds. The van der Waals surface area contributed by atoms with Crippen molar-refractivity contribution in [2.75, 3.05) is 10.7 Å². The van der Waals surface area contributed by atoms with Crippen molar-refractivity contribution < 1.29 is 4.39 Å². The molecule has 0 aliphatic heterocycles. The lowest BCUT2D eigenvalue weighted by Crippen LogP contribution is -2.26. The van der Waals surface area contributed by atoms with E-state index in [1.54, 1.807) is 41.5 Å². The van der Waals surface area contributed by atoms with Crippen molar-refractivity contribution in [3.63, 3.8) is 0 Å². The maximum atomic E-state index is 14.8. The Kier molecular flexibility index (Phi) is 4.96. The summed E-state index contributed by atoms with van der Waals surface area (Å²) in [6.45, 7) is 0.393. The van der Waals surface area contributed by atoms with Gasteiger partial charge >= 0.3 is 0 Å². The fraction of sp³-hybridized carbons (Fsp3) is 0.0455. The molecule has 10 heteroatoms. The number of hydrogen-bond donors (Lipinski definition) is 3. The third-order valence-electron chi connectivity index (χ3n) is 5.18. The van der Waals surface area contributed by atoms with Crippen molar-refractivity contribution in [1.82, 2.24) is 25.0 Å². The first-order valence-electron chi connectivity index (χ1n) is 9.69. The van der Waals surface area contributed by atoms with E-state index in [2.05, 4.69) is 20.3 Å². The van der Waals surface area contributed by atoms with Gasteiger partial charge in [0, 0.05) is 23.3 Å². The fourth-order valence-corrected chi connectivity index (χ4v) is 3.63. The number of fused-ring (bicyclic) bond motifs is 1. The second-order valence-electron chi connectivity index (χ2n) is 7.24. The first kappa shape index (κ1) is 20.0. The molecule has 0 aliphatic carbocycles. The first-order valence-corrected chi connectivity index (χ1v) is 10.1. The summed E-state index contributed by atoms with van der Waals surface area (Å²) in [5.74, 6) is 5.78. The molecule has 0 atom stereocenters. The SMILES string of the molecule is Nc1c(F)cc(-c2ccnn2Cc2ccc(Cl)cn2)cc1N(N)c1ccc2cn[nH]c2c1. The Balaban J connectivity index is 1.53. The highest BCUT2D eigenvalue weighted by Crippen LogP contribution is 2.35. The van der Waals surface area contributed by atoms with E-state index in [-0.39, 0.29) is 5.69 Å². The van der Waals surface area contributed by atoms with E-state index in [1.807, 2.05) is 24.3 Å². The largest absolute Gasteiger partial charge is 0.395 e. The number of nitrogens with one attached hydrogen (secondary N) is 1. The van der Waals surface area contributed by atoms with Crippen LogP contribution in [-0.2, 0) is 6.54 Å². The molecule has 2 aromatic carbocycles. The fourth-order valence-electron chi connectivity index (χ4n) is 3.52. The molecule has 0 aliphatic rings. The van der Waals surface area contributed by atoms with Crippen LogP contribution in [0.15, 0.2) is 67.1 Å². The molecule has 0 unspecified atom stereocenters. The first-order chi connectivity index (χ1) is 15.5. The van der Waals surface area contributed by atoms with Gasteiger partial charge in [0.2, 0.25) is 0 Å². The van der Waals surface area contributed by atoms with Crippen LogP contribution in [0.5, 0.6) is 0 Å². The van der Waals surface area contributed by atoms with Crippen molar-refractivity contribution in [2.45, 2.75) is 6.54 Å². The average Bonchev–Trinajstić information content (AvgIpc) is 3.45. The Morgan fingerprint density at radius 2 is 1.97 bits per heavy atom. The molecule has 160 valence electrons. The van der Waals surface area contributed by atoms with Crippen molar-refractivity contribution in [3.05, 3.63) is 83.7 Å². The number of halogens is 2. The zero-order valence-electron chi connectivity index (χ0n) is 16.7. The number of nitrogens with two attached hydrogens (primary N) is 2. The molecule has 3 aromatic heterocycles. The number of H-pyrrole nitrogens is 1. The second-order valence-corrected chi connectivity index (χ2v) is 7.68. The molecular formula is C22H18ClFN8. The highest BCUT2D eigenvalue weighted by atomic mass is 35.5. The smallest absolute Gasteiger partial charge is 0.148 e. The minimum absolute atomic E-state index is 0.0496. The lowest BCUT2D eigenvalue weighted by atomic mass is 10.1. The standard InChI is InChI=1S/C22H18ClFN8/c23-15-2-3-16(27-11-15)12-31-20(5-6-29-31)14-7-18(24)22(25)21(8-14)32(26)17-4-1-13-10-28-30-19(13)9-17/h1-11H,12,25-26H2,(H,28,30). The Morgan fingerprint density at radius 1 is 1.09 bits per heavy atom. The summed E-state index contributed by atoms with van der Waals surface area (Å²) >= 11 is 5.92. The lowest BCUT2D eigenvalue weighted by Gasteiger charge is -2.22. The molecule has 5 rings (SSSR count). The van der Waals surface area contributed by atoms with Gasteiger partial charge in [-0.05, 0) is 48.5 Å². The van der Waals surface area contributed by atoms with Gasteiger partial charge in [-0.2, -0.15) is 10.2 Å². The molecule has 5 aromatic rings.